The third-order valence-corrected chi connectivity index (χ3v) is 6.18. The Hall–Kier alpha value is -3.39. The number of para-hydroxylation sites is 1. The van der Waals surface area contributed by atoms with E-state index in [1.165, 1.54) is 16.6 Å². The first-order valence-corrected chi connectivity index (χ1v) is 10.5. The third-order valence-electron chi connectivity index (χ3n) is 5.15. The zero-order valence-electron chi connectivity index (χ0n) is 16.1. The molecule has 0 unspecified atom stereocenters. The molecule has 2 aromatic carbocycles. The summed E-state index contributed by atoms with van der Waals surface area (Å²) in [5, 5.41) is 4.30. The monoisotopic (exact) mass is 420 g/mol. The molecule has 0 aliphatic carbocycles. The lowest BCUT2D eigenvalue weighted by atomic mass is 10.1. The first-order chi connectivity index (χ1) is 14.6. The molecule has 8 heteroatoms. The number of halogens is 1. The highest BCUT2D eigenvalue weighted by Crippen LogP contribution is 2.35. The highest BCUT2D eigenvalue weighted by atomic mass is 32.1. The molecule has 0 saturated heterocycles. The van der Waals surface area contributed by atoms with E-state index >= 15 is 0 Å². The number of benzene rings is 2. The Morgan fingerprint density at radius 1 is 1.07 bits per heavy atom. The molecule has 4 aromatic rings. The van der Waals surface area contributed by atoms with Gasteiger partial charge in [0.25, 0.3) is 11.5 Å². The number of carbonyl (C=O) groups is 1. The van der Waals surface area contributed by atoms with Gasteiger partial charge in [-0.2, -0.15) is 9.50 Å². The summed E-state index contributed by atoms with van der Waals surface area (Å²) in [7, 11) is 0. The van der Waals surface area contributed by atoms with Crippen molar-refractivity contribution in [1.29, 1.82) is 0 Å². The van der Waals surface area contributed by atoms with E-state index in [1.54, 1.807) is 17.0 Å². The van der Waals surface area contributed by atoms with Gasteiger partial charge in [-0.25, -0.2) is 4.39 Å². The second-order valence-corrected chi connectivity index (χ2v) is 8.05. The number of amides is 1. The smallest absolute Gasteiger partial charge is 0.291 e. The maximum atomic E-state index is 13.2. The summed E-state index contributed by atoms with van der Waals surface area (Å²) < 4.78 is 14.7. The lowest BCUT2D eigenvalue weighted by Gasteiger charge is -2.16. The Labute approximate surface area is 174 Å². The fourth-order valence-electron chi connectivity index (χ4n) is 3.64. The molecule has 0 spiro atoms. The number of carbonyl (C=O) groups excluding carboxylic acids is 1. The zero-order valence-corrected chi connectivity index (χ0v) is 16.9. The van der Waals surface area contributed by atoms with E-state index in [1.807, 2.05) is 24.3 Å². The van der Waals surface area contributed by atoms with Crippen molar-refractivity contribution in [2.24, 2.45) is 0 Å². The van der Waals surface area contributed by atoms with Crippen molar-refractivity contribution in [3.63, 3.8) is 0 Å². The Kier molecular flexibility index (Phi) is 4.43. The van der Waals surface area contributed by atoms with Crippen molar-refractivity contribution < 1.29 is 9.18 Å². The van der Waals surface area contributed by atoms with E-state index in [4.69, 9.17) is 0 Å². The van der Waals surface area contributed by atoms with Crippen molar-refractivity contribution in [3.8, 4) is 11.4 Å². The Morgan fingerprint density at radius 2 is 1.83 bits per heavy atom. The average molecular weight is 420 g/mol. The first kappa shape index (κ1) is 18.6. The van der Waals surface area contributed by atoms with Crippen LogP contribution >= 0.6 is 11.3 Å². The Balaban J connectivity index is 1.68. The topological polar surface area (TPSA) is 67.6 Å². The fraction of sp³-hybridized carbons (Fsp3) is 0.182. The van der Waals surface area contributed by atoms with Gasteiger partial charge in [-0.05, 0) is 36.8 Å². The van der Waals surface area contributed by atoms with Gasteiger partial charge in [0, 0.05) is 17.7 Å². The van der Waals surface area contributed by atoms with E-state index in [2.05, 4.69) is 17.0 Å². The molecule has 0 saturated carbocycles. The third kappa shape index (κ3) is 2.83. The van der Waals surface area contributed by atoms with Crippen LogP contribution in [0, 0.1) is 5.82 Å². The van der Waals surface area contributed by atoms with Gasteiger partial charge in [-0.3, -0.25) is 9.59 Å². The number of unbranched alkanes of at least 4 members (excludes halogenated alkanes) is 1. The van der Waals surface area contributed by atoms with E-state index in [9.17, 15) is 14.0 Å². The molecule has 1 amide bonds. The van der Waals surface area contributed by atoms with Crippen molar-refractivity contribution in [1.82, 2.24) is 14.6 Å². The summed E-state index contributed by atoms with van der Waals surface area (Å²) >= 11 is 1.15. The Bertz CT molecular complexity index is 1390. The number of hydrogen-bond acceptors (Lipinski definition) is 5. The normalized spacial score (nSPS) is 15.3. The zero-order chi connectivity index (χ0) is 20.8. The van der Waals surface area contributed by atoms with Gasteiger partial charge in [0.1, 0.15) is 10.3 Å². The quantitative estimate of drug-likeness (QED) is 0.509. The summed E-state index contributed by atoms with van der Waals surface area (Å²) in [5.74, 6) is -0.170. The maximum Gasteiger partial charge on any atom is 0.291 e. The van der Waals surface area contributed by atoms with E-state index < -0.39 is 0 Å². The van der Waals surface area contributed by atoms with Crippen LogP contribution in [0.25, 0.3) is 21.9 Å². The molecule has 150 valence electrons. The number of nitrogens with zero attached hydrogens (tertiary/aromatic N) is 4. The molecule has 1 aliphatic heterocycles. The van der Waals surface area contributed by atoms with Crippen molar-refractivity contribution in [3.05, 3.63) is 74.8 Å². The summed E-state index contributed by atoms with van der Waals surface area (Å²) in [4.78, 5) is 32.9. The molecule has 0 radical (unpaired) electrons. The average Bonchev–Trinajstić information content (AvgIpc) is 3.38. The van der Waals surface area contributed by atoms with Crippen LogP contribution < -0.4 is 15.0 Å². The molecule has 0 atom stereocenters. The van der Waals surface area contributed by atoms with Gasteiger partial charge in [-0.1, -0.05) is 42.9 Å². The summed E-state index contributed by atoms with van der Waals surface area (Å²) in [6.07, 6.45) is 1.85. The largest absolute Gasteiger partial charge is 0.308 e. The van der Waals surface area contributed by atoms with Gasteiger partial charge in [0.2, 0.25) is 4.96 Å². The summed E-state index contributed by atoms with van der Waals surface area (Å²) in [6, 6.07) is 13.3. The predicted molar refractivity (Wildman–Crippen MR) is 114 cm³/mol. The number of anilines is 1. The van der Waals surface area contributed by atoms with E-state index in [0.717, 1.165) is 35.4 Å². The van der Waals surface area contributed by atoms with Gasteiger partial charge < -0.3 is 4.90 Å². The van der Waals surface area contributed by atoms with Gasteiger partial charge >= 0.3 is 0 Å². The van der Waals surface area contributed by atoms with Crippen LogP contribution in [0.3, 0.4) is 0 Å². The van der Waals surface area contributed by atoms with Crippen LogP contribution in [0.1, 0.15) is 25.3 Å². The summed E-state index contributed by atoms with van der Waals surface area (Å²) in [5.41, 5.74) is 2.25. The molecule has 0 N–H and O–H groups in total. The van der Waals surface area contributed by atoms with Crippen LogP contribution in [0.4, 0.5) is 10.1 Å². The minimum Gasteiger partial charge on any atom is -0.308 e. The standard InChI is InChI=1S/C22H17FN4O2S/c1-2-3-12-26-16-7-5-4-6-15(16)17(20(26)28)18-21(29)27-22(30-18)24-19(25-27)13-8-10-14(23)11-9-13/h4-11H,2-3,12H2,1H3/b18-17-. The molecule has 30 heavy (non-hydrogen) atoms. The first-order valence-electron chi connectivity index (χ1n) is 9.69. The van der Waals surface area contributed by atoms with Gasteiger partial charge in [0.15, 0.2) is 5.82 Å². The number of aromatic nitrogens is 3. The van der Waals surface area contributed by atoms with Crippen LogP contribution in [0.15, 0.2) is 53.3 Å². The fourth-order valence-corrected chi connectivity index (χ4v) is 4.64. The van der Waals surface area contributed by atoms with Crippen molar-refractivity contribution >= 4 is 33.5 Å². The van der Waals surface area contributed by atoms with Crippen LogP contribution in [0.2, 0.25) is 0 Å². The predicted octanol–water partition coefficient (Wildman–Crippen LogP) is 3.02. The molecule has 0 fully saturated rings. The van der Waals surface area contributed by atoms with Crippen LogP contribution in [-0.2, 0) is 4.79 Å². The number of hydrogen-bond donors (Lipinski definition) is 0. The molecule has 0 bridgehead atoms. The molecular weight excluding hydrogens is 403 g/mol. The van der Waals surface area contributed by atoms with E-state index in [-0.39, 0.29) is 17.3 Å². The van der Waals surface area contributed by atoms with Crippen molar-refractivity contribution in [2.45, 2.75) is 19.8 Å². The minimum atomic E-state index is -0.369. The molecule has 2 aromatic heterocycles. The van der Waals surface area contributed by atoms with Crippen LogP contribution in [-0.4, -0.2) is 27.0 Å². The molecule has 5 rings (SSSR count). The van der Waals surface area contributed by atoms with Crippen molar-refractivity contribution in [2.75, 3.05) is 11.4 Å². The van der Waals surface area contributed by atoms with Gasteiger partial charge in [0.05, 0.1) is 11.3 Å². The lowest BCUT2D eigenvalue weighted by Crippen LogP contribution is -2.33. The van der Waals surface area contributed by atoms with Crippen LogP contribution in [0.5, 0.6) is 0 Å². The highest BCUT2D eigenvalue weighted by Gasteiger charge is 2.33. The molecular formula is C22H17FN4O2S. The SMILES string of the molecule is CCCCN1C(=O)/C(=c2\sc3nc(-c4ccc(F)cc4)nn3c2=O)c2ccccc21. The molecule has 6 nitrogen and oxygen atoms in total. The molecule has 1 aliphatic rings. The van der Waals surface area contributed by atoms with E-state index in [0.29, 0.717) is 33.0 Å². The number of rotatable bonds is 4. The number of fused-ring (bicyclic) bond motifs is 2. The highest BCUT2D eigenvalue weighted by molar-refractivity contribution is 7.15. The minimum absolute atomic E-state index is 0.162. The molecule has 3 heterocycles. The second kappa shape index (κ2) is 7.14. The maximum absolute atomic E-state index is 13.2. The Morgan fingerprint density at radius 3 is 2.57 bits per heavy atom. The lowest BCUT2D eigenvalue weighted by molar-refractivity contribution is -0.113. The number of thiazole rings is 1. The van der Waals surface area contributed by atoms with Gasteiger partial charge in [-0.15, -0.1) is 5.10 Å². The second-order valence-electron chi connectivity index (χ2n) is 7.08. The summed E-state index contributed by atoms with van der Waals surface area (Å²) in [6.45, 7) is 2.69.